The summed E-state index contributed by atoms with van der Waals surface area (Å²) in [7, 11) is 0.699. The summed E-state index contributed by atoms with van der Waals surface area (Å²) in [6.07, 6.45) is 1.53. The summed E-state index contributed by atoms with van der Waals surface area (Å²) in [6.45, 7) is 2.98. The summed E-state index contributed by atoms with van der Waals surface area (Å²) in [6, 6.07) is 6.63. The first-order valence-corrected chi connectivity index (χ1v) is 10.0. The van der Waals surface area contributed by atoms with Gasteiger partial charge >= 0.3 is 5.97 Å². The first-order chi connectivity index (χ1) is 13.6. The van der Waals surface area contributed by atoms with E-state index in [1.165, 1.54) is 32.0 Å². The Morgan fingerprint density at radius 1 is 1.24 bits per heavy atom. The highest BCUT2D eigenvalue weighted by molar-refractivity contribution is 7.92. The van der Waals surface area contributed by atoms with E-state index in [9.17, 15) is 13.2 Å². The highest BCUT2D eigenvalue weighted by Gasteiger charge is 2.31. The number of aryl methyl sites for hydroxylation is 2. The van der Waals surface area contributed by atoms with Gasteiger partial charge in [0.05, 0.1) is 18.5 Å². The van der Waals surface area contributed by atoms with Gasteiger partial charge in [-0.15, -0.1) is 5.10 Å². The lowest BCUT2D eigenvalue weighted by atomic mass is 10.2. The van der Waals surface area contributed by atoms with E-state index in [0.29, 0.717) is 17.3 Å². The molecule has 1 aromatic carbocycles. The van der Waals surface area contributed by atoms with Crippen molar-refractivity contribution in [2.75, 3.05) is 30.8 Å². The van der Waals surface area contributed by atoms with Crippen LogP contribution in [0.25, 0.3) is 5.69 Å². The van der Waals surface area contributed by atoms with Gasteiger partial charge in [-0.3, -0.25) is 4.72 Å². The third kappa shape index (κ3) is 3.94. The molecule has 2 heterocycles. The van der Waals surface area contributed by atoms with Gasteiger partial charge < -0.3 is 14.1 Å². The maximum absolute atomic E-state index is 13.0. The molecule has 0 aliphatic heterocycles. The van der Waals surface area contributed by atoms with Gasteiger partial charge in [0.15, 0.2) is 0 Å². The van der Waals surface area contributed by atoms with Gasteiger partial charge in [0.2, 0.25) is 5.95 Å². The minimum Gasteiger partial charge on any atom is -0.465 e. The van der Waals surface area contributed by atoms with Crippen LogP contribution in [0.15, 0.2) is 39.9 Å². The third-order valence-electron chi connectivity index (χ3n) is 4.11. The molecule has 11 heteroatoms. The van der Waals surface area contributed by atoms with Crippen LogP contribution in [-0.2, 0) is 14.8 Å². The number of esters is 1. The summed E-state index contributed by atoms with van der Waals surface area (Å²) >= 11 is 0. The molecule has 0 fully saturated rings. The number of anilines is 2. The van der Waals surface area contributed by atoms with E-state index in [-0.39, 0.29) is 22.0 Å². The first-order valence-electron chi connectivity index (χ1n) is 8.54. The normalized spacial score (nSPS) is 11.3. The maximum atomic E-state index is 13.0. The molecule has 0 bridgehead atoms. The number of carbonyl (C=O) groups excluding carboxylic acids is 1. The minimum atomic E-state index is -4.11. The third-order valence-corrected chi connectivity index (χ3v) is 5.64. The second kappa shape index (κ2) is 7.59. The number of hydrogen-bond donors (Lipinski definition) is 1. The van der Waals surface area contributed by atoms with Crippen LogP contribution in [0, 0.1) is 13.8 Å². The molecule has 1 N–H and O–H groups in total. The summed E-state index contributed by atoms with van der Waals surface area (Å²) in [5.74, 6) is -0.00346. The van der Waals surface area contributed by atoms with E-state index in [1.54, 1.807) is 29.2 Å². The van der Waals surface area contributed by atoms with Crippen molar-refractivity contribution in [1.82, 2.24) is 14.8 Å². The van der Waals surface area contributed by atoms with Crippen LogP contribution < -0.4 is 9.62 Å². The fourth-order valence-electron chi connectivity index (χ4n) is 2.83. The quantitative estimate of drug-likeness (QED) is 0.604. The molecule has 0 unspecified atom stereocenters. The van der Waals surface area contributed by atoms with Crippen LogP contribution in [0.4, 0.5) is 11.6 Å². The number of sulfonamides is 1. The number of ether oxygens (including phenoxy) is 1. The minimum absolute atomic E-state index is 0.0958. The molecule has 0 atom stereocenters. The van der Waals surface area contributed by atoms with Crippen molar-refractivity contribution in [2.45, 2.75) is 18.7 Å². The Kier molecular flexibility index (Phi) is 5.33. The van der Waals surface area contributed by atoms with Gasteiger partial charge in [-0.2, -0.15) is 4.98 Å². The standard InChI is InChI=1S/C18H21N5O5S/c1-11-15(17(24)27-5)16(12(2)28-11)29(25,26)21-13-7-6-8-14(9-13)23-10-19-18(20-23)22(3)4/h6-10,21H,1-5H3. The maximum Gasteiger partial charge on any atom is 0.342 e. The summed E-state index contributed by atoms with van der Waals surface area (Å²) in [5, 5.41) is 4.32. The fraction of sp³-hybridized carbons (Fsp3) is 0.278. The first kappa shape index (κ1) is 20.4. The van der Waals surface area contributed by atoms with Gasteiger partial charge in [-0.25, -0.2) is 17.9 Å². The lowest BCUT2D eigenvalue weighted by Gasteiger charge is -2.10. The van der Waals surface area contributed by atoms with Crippen LogP contribution in [0.5, 0.6) is 0 Å². The fourth-order valence-corrected chi connectivity index (χ4v) is 4.28. The van der Waals surface area contributed by atoms with Crippen LogP contribution in [0.2, 0.25) is 0 Å². The van der Waals surface area contributed by atoms with Crippen molar-refractivity contribution in [3.63, 3.8) is 0 Å². The molecule has 0 aliphatic carbocycles. The van der Waals surface area contributed by atoms with E-state index in [4.69, 9.17) is 9.15 Å². The molecule has 0 saturated heterocycles. The van der Waals surface area contributed by atoms with Gasteiger partial charge in [-0.1, -0.05) is 6.07 Å². The molecule has 0 radical (unpaired) electrons. The number of carbonyl (C=O) groups is 1. The number of aromatic nitrogens is 3. The lowest BCUT2D eigenvalue weighted by molar-refractivity contribution is 0.0595. The highest BCUT2D eigenvalue weighted by Crippen LogP contribution is 2.29. The molecule has 2 aromatic heterocycles. The highest BCUT2D eigenvalue weighted by atomic mass is 32.2. The summed E-state index contributed by atoms with van der Waals surface area (Å²) in [5.41, 5.74) is 0.776. The van der Waals surface area contributed by atoms with Crippen molar-refractivity contribution in [2.24, 2.45) is 0 Å². The Morgan fingerprint density at radius 3 is 2.59 bits per heavy atom. The van der Waals surface area contributed by atoms with Crippen LogP contribution in [0.3, 0.4) is 0 Å². The van der Waals surface area contributed by atoms with Crippen molar-refractivity contribution >= 4 is 27.6 Å². The van der Waals surface area contributed by atoms with Gasteiger partial charge in [0.1, 0.15) is 28.3 Å². The van der Waals surface area contributed by atoms with E-state index < -0.39 is 16.0 Å². The summed E-state index contributed by atoms with van der Waals surface area (Å²) < 4.78 is 40.1. The monoisotopic (exact) mass is 419 g/mol. The van der Waals surface area contributed by atoms with Crippen molar-refractivity contribution < 1.29 is 22.4 Å². The van der Waals surface area contributed by atoms with Crippen LogP contribution >= 0.6 is 0 Å². The van der Waals surface area contributed by atoms with Gasteiger partial charge in [-0.05, 0) is 32.0 Å². The predicted octanol–water partition coefficient (Wildman–Crippen LogP) is 2.13. The Morgan fingerprint density at radius 2 is 1.97 bits per heavy atom. The summed E-state index contributed by atoms with van der Waals surface area (Å²) in [4.78, 5) is 17.7. The van der Waals surface area contributed by atoms with Crippen molar-refractivity contribution in [1.29, 1.82) is 0 Å². The van der Waals surface area contributed by atoms with Crippen molar-refractivity contribution in [3.8, 4) is 5.69 Å². The Balaban J connectivity index is 1.97. The SMILES string of the molecule is COC(=O)c1c(C)oc(C)c1S(=O)(=O)Nc1cccc(-n2cnc(N(C)C)n2)c1. The number of rotatable bonds is 6. The lowest BCUT2D eigenvalue weighted by Crippen LogP contribution is -2.17. The van der Waals surface area contributed by atoms with E-state index in [2.05, 4.69) is 14.8 Å². The molecule has 29 heavy (non-hydrogen) atoms. The average molecular weight is 419 g/mol. The number of benzene rings is 1. The molecule has 0 saturated carbocycles. The molecule has 0 aliphatic rings. The average Bonchev–Trinajstić information content (AvgIpc) is 3.26. The molecule has 3 rings (SSSR count). The molecule has 0 amide bonds. The van der Waals surface area contributed by atoms with Crippen LogP contribution in [-0.4, -0.2) is 50.4 Å². The molecule has 154 valence electrons. The second-order valence-corrected chi connectivity index (χ2v) is 8.07. The molecule has 3 aromatic rings. The number of methoxy groups -OCH3 is 1. The predicted molar refractivity (Wildman–Crippen MR) is 106 cm³/mol. The number of nitrogens with zero attached hydrogens (tertiary/aromatic N) is 4. The smallest absolute Gasteiger partial charge is 0.342 e. The number of nitrogens with one attached hydrogen (secondary N) is 1. The van der Waals surface area contributed by atoms with E-state index >= 15 is 0 Å². The van der Waals surface area contributed by atoms with Gasteiger partial charge in [0, 0.05) is 14.1 Å². The van der Waals surface area contributed by atoms with Crippen molar-refractivity contribution in [3.05, 3.63) is 47.7 Å². The second-order valence-electron chi connectivity index (χ2n) is 6.45. The van der Waals surface area contributed by atoms with E-state index in [1.807, 2.05) is 14.1 Å². The van der Waals surface area contributed by atoms with E-state index in [0.717, 1.165) is 0 Å². The zero-order valence-corrected chi connectivity index (χ0v) is 17.4. The molecular weight excluding hydrogens is 398 g/mol. The Bertz CT molecular complexity index is 1160. The zero-order chi connectivity index (χ0) is 21.3. The topological polar surface area (TPSA) is 120 Å². The number of hydrogen-bond acceptors (Lipinski definition) is 8. The largest absolute Gasteiger partial charge is 0.465 e. The molecule has 0 spiro atoms. The Labute approximate surface area is 168 Å². The molecule has 10 nitrogen and oxygen atoms in total. The number of furan rings is 1. The Hall–Kier alpha value is -3.34. The van der Waals surface area contributed by atoms with Crippen LogP contribution in [0.1, 0.15) is 21.9 Å². The van der Waals surface area contributed by atoms with Gasteiger partial charge in [0.25, 0.3) is 10.0 Å². The zero-order valence-electron chi connectivity index (χ0n) is 16.6. The molecular formula is C18H21N5O5S.